The molecule has 3 aromatic rings. The highest BCUT2D eigenvalue weighted by molar-refractivity contribution is 5.90. The first-order chi connectivity index (χ1) is 14.0. The summed E-state index contributed by atoms with van der Waals surface area (Å²) in [6.07, 6.45) is -1.86. The number of fused-ring (bicyclic) bond motifs is 2. The molecule has 2 aromatic carbocycles. The predicted molar refractivity (Wildman–Crippen MR) is 101 cm³/mol. The topological polar surface area (TPSA) is 108 Å². The summed E-state index contributed by atoms with van der Waals surface area (Å²) in [5.41, 5.74) is 0.611. The second-order valence-electron chi connectivity index (χ2n) is 5.59. The molecular weight excluding hydrogens is 384 g/mol. The third-order valence-corrected chi connectivity index (χ3v) is 3.89. The van der Waals surface area contributed by atoms with Crippen molar-refractivity contribution in [3.8, 4) is 11.5 Å². The minimum atomic E-state index is -0.941. The van der Waals surface area contributed by atoms with Crippen LogP contribution in [0.25, 0.3) is 22.1 Å². The number of hydrogen-bond donors (Lipinski definition) is 0. The fourth-order valence-electron chi connectivity index (χ4n) is 2.83. The lowest BCUT2D eigenvalue weighted by atomic mass is 10.2. The van der Waals surface area contributed by atoms with E-state index >= 15 is 0 Å². The zero-order valence-electron chi connectivity index (χ0n) is 16.0. The van der Waals surface area contributed by atoms with Crippen molar-refractivity contribution in [2.24, 2.45) is 0 Å². The molecule has 0 atom stereocenters. The normalized spacial score (nSPS) is 10.6. The maximum Gasteiger partial charge on any atom is 0.514 e. The fourth-order valence-corrected chi connectivity index (χ4v) is 2.83. The minimum absolute atomic E-state index is 0.0136. The van der Waals surface area contributed by atoms with Gasteiger partial charge in [-0.25, -0.2) is 9.59 Å². The van der Waals surface area contributed by atoms with Crippen LogP contribution >= 0.6 is 0 Å². The molecule has 0 aliphatic heterocycles. The van der Waals surface area contributed by atoms with Gasteiger partial charge in [0.25, 0.3) is 5.52 Å². The number of carbonyl (C=O) groups excluding carboxylic acids is 2. The summed E-state index contributed by atoms with van der Waals surface area (Å²) in [4.78, 5) is 42.1. The molecule has 0 N–H and O–H groups in total. The Morgan fingerprint density at radius 1 is 0.931 bits per heavy atom. The van der Waals surface area contributed by atoms with E-state index in [2.05, 4.69) is 0 Å². The Morgan fingerprint density at radius 3 is 2.14 bits per heavy atom. The van der Waals surface area contributed by atoms with Crippen LogP contribution in [0.1, 0.15) is 13.8 Å². The lowest BCUT2D eigenvalue weighted by Crippen LogP contribution is -2.25. The van der Waals surface area contributed by atoms with Gasteiger partial charge in [0.15, 0.2) is 16.8 Å². The van der Waals surface area contributed by atoms with Gasteiger partial charge in [-0.3, -0.25) is 0 Å². The summed E-state index contributed by atoms with van der Waals surface area (Å²) < 4.78 is 21.8. The van der Waals surface area contributed by atoms with Gasteiger partial charge in [0.1, 0.15) is 7.11 Å². The van der Waals surface area contributed by atoms with Crippen LogP contribution in [-0.4, -0.2) is 37.4 Å². The van der Waals surface area contributed by atoms with Gasteiger partial charge >= 0.3 is 17.8 Å². The number of para-hydroxylation sites is 2. The van der Waals surface area contributed by atoms with Gasteiger partial charge in [0.05, 0.1) is 17.6 Å². The third kappa shape index (κ3) is 3.77. The Balaban J connectivity index is 2.29. The van der Waals surface area contributed by atoms with Crippen molar-refractivity contribution in [3.63, 3.8) is 0 Å². The summed E-state index contributed by atoms with van der Waals surface area (Å²) in [6.45, 7) is 3.53. The molecule has 0 spiro atoms. The number of aromatic nitrogens is 2. The molecule has 0 bridgehead atoms. The Kier molecular flexibility index (Phi) is 5.82. The van der Waals surface area contributed by atoms with Crippen LogP contribution in [0, 0.1) is 4.91 Å². The SMILES string of the molecule is CCOC(=O)Oc1cccc2c1n(OC)c1cccc(OC(=O)OCC)c1[n+]2=O. The monoisotopic (exact) mass is 403 g/mol. The quantitative estimate of drug-likeness (QED) is 0.277. The van der Waals surface area contributed by atoms with Gasteiger partial charge in [-0.05, 0) is 32.0 Å². The molecule has 0 aliphatic rings. The van der Waals surface area contributed by atoms with E-state index in [0.717, 1.165) is 0 Å². The van der Waals surface area contributed by atoms with E-state index in [9.17, 15) is 14.5 Å². The molecule has 152 valence electrons. The maximum absolute atomic E-state index is 13.1. The molecule has 29 heavy (non-hydrogen) atoms. The molecule has 0 aliphatic carbocycles. The number of carbonyl (C=O) groups is 2. The lowest BCUT2D eigenvalue weighted by molar-refractivity contribution is -0.433. The van der Waals surface area contributed by atoms with Crippen molar-refractivity contribution in [1.82, 2.24) is 4.73 Å². The predicted octanol–water partition coefficient (Wildman–Crippen LogP) is 2.84. The molecule has 0 fully saturated rings. The van der Waals surface area contributed by atoms with E-state index in [0.29, 0.717) is 4.43 Å². The molecule has 1 heterocycles. The number of benzene rings is 2. The lowest BCUT2D eigenvalue weighted by Gasteiger charge is -2.12. The number of hydrogen-bond acceptors (Lipinski definition) is 8. The van der Waals surface area contributed by atoms with Crippen molar-refractivity contribution < 1.29 is 37.8 Å². The van der Waals surface area contributed by atoms with Crippen molar-refractivity contribution in [3.05, 3.63) is 41.3 Å². The first-order valence-corrected chi connectivity index (χ1v) is 8.78. The smallest absolute Gasteiger partial charge is 0.434 e. The van der Waals surface area contributed by atoms with Crippen molar-refractivity contribution in [2.75, 3.05) is 20.3 Å². The second kappa shape index (κ2) is 8.46. The fraction of sp³-hybridized carbons (Fsp3) is 0.263. The first kappa shape index (κ1) is 19.9. The van der Waals surface area contributed by atoms with Gasteiger partial charge in [0.2, 0.25) is 5.75 Å². The van der Waals surface area contributed by atoms with Gasteiger partial charge in [-0.2, -0.15) is 4.73 Å². The first-order valence-electron chi connectivity index (χ1n) is 8.78. The molecule has 0 amide bonds. The zero-order chi connectivity index (χ0) is 21.0. The molecule has 1 aromatic heterocycles. The summed E-state index contributed by atoms with van der Waals surface area (Å²) in [6, 6.07) is 9.17. The van der Waals surface area contributed by atoms with E-state index in [1.165, 1.54) is 36.1 Å². The molecule has 0 saturated heterocycles. The molecule has 0 radical (unpaired) electrons. The second-order valence-corrected chi connectivity index (χ2v) is 5.59. The van der Waals surface area contributed by atoms with Crippen molar-refractivity contribution >= 4 is 34.4 Å². The largest absolute Gasteiger partial charge is 0.514 e. The van der Waals surface area contributed by atoms with E-state index in [1.807, 2.05) is 0 Å². The Labute approximate surface area is 164 Å². The average molecular weight is 403 g/mol. The number of nitrogens with zero attached hydrogens (tertiary/aromatic N) is 2. The highest BCUT2D eigenvalue weighted by atomic mass is 16.7. The van der Waals surface area contributed by atoms with Gasteiger partial charge < -0.3 is 23.8 Å². The van der Waals surface area contributed by atoms with Crippen LogP contribution in [0.15, 0.2) is 36.4 Å². The number of ether oxygens (including phenoxy) is 4. The van der Waals surface area contributed by atoms with Gasteiger partial charge in [-0.15, -0.1) is 0 Å². The van der Waals surface area contributed by atoms with Gasteiger partial charge in [0, 0.05) is 11.0 Å². The summed E-state index contributed by atoms with van der Waals surface area (Å²) in [5.74, 6) is 0.0476. The van der Waals surface area contributed by atoms with E-state index in [-0.39, 0.29) is 46.8 Å². The molecule has 10 heteroatoms. The van der Waals surface area contributed by atoms with Crippen LogP contribution in [0.2, 0.25) is 0 Å². The third-order valence-electron chi connectivity index (χ3n) is 3.89. The van der Waals surface area contributed by atoms with Crippen LogP contribution in [-0.2, 0) is 9.47 Å². The maximum atomic E-state index is 13.1. The molecule has 10 nitrogen and oxygen atoms in total. The molecule has 0 unspecified atom stereocenters. The molecular formula is C19H19N2O8+. The highest BCUT2D eigenvalue weighted by Crippen LogP contribution is 2.30. The molecule has 0 saturated carbocycles. The van der Waals surface area contributed by atoms with E-state index in [1.54, 1.807) is 26.0 Å². The van der Waals surface area contributed by atoms with E-state index < -0.39 is 12.3 Å². The highest BCUT2D eigenvalue weighted by Gasteiger charge is 2.27. The average Bonchev–Trinajstić information content (AvgIpc) is 2.69. The van der Waals surface area contributed by atoms with Crippen LogP contribution in [0.3, 0.4) is 0 Å². The molecule has 3 rings (SSSR count). The van der Waals surface area contributed by atoms with Crippen molar-refractivity contribution in [2.45, 2.75) is 13.8 Å². The summed E-state index contributed by atoms with van der Waals surface area (Å²) in [7, 11) is 1.38. The Morgan fingerprint density at radius 2 is 1.52 bits per heavy atom. The van der Waals surface area contributed by atoms with Crippen LogP contribution in [0.5, 0.6) is 11.5 Å². The zero-order valence-corrected chi connectivity index (χ0v) is 16.0. The summed E-state index contributed by atoms with van der Waals surface area (Å²) in [5, 5.41) is 0. The van der Waals surface area contributed by atoms with E-state index in [4.69, 9.17) is 23.8 Å². The Hall–Kier alpha value is -3.82. The standard InChI is InChI=1S/C19H19N2O8/c1-4-26-18(22)28-14-10-7-9-13-16(14)20(24)12-8-6-11-15(17(12)21(13)25-3)29-19(23)27-5-2/h6-11H,4-5H2,1-3H3/q+1. The van der Waals surface area contributed by atoms with Crippen LogP contribution < -0.4 is 18.7 Å². The van der Waals surface area contributed by atoms with Gasteiger partial charge in [-0.1, -0.05) is 12.1 Å². The Bertz CT molecular complexity index is 1140. The van der Waals surface area contributed by atoms with Crippen LogP contribution in [0.4, 0.5) is 9.59 Å². The number of rotatable bonds is 5. The van der Waals surface area contributed by atoms with Crippen molar-refractivity contribution in [1.29, 1.82) is 0 Å². The summed E-state index contributed by atoms with van der Waals surface area (Å²) >= 11 is 0. The minimum Gasteiger partial charge on any atom is -0.434 e.